The maximum absolute atomic E-state index is 12.8. The third-order valence-electron chi connectivity index (χ3n) is 2.73. The van der Waals surface area contributed by atoms with Gasteiger partial charge in [0, 0.05) is 4.90 Å². The van der Waals surface area contributed by atoms with Crippen LogP contribution >= 0.6 is 11.8 Å². The standard InChI is InChI=1S/C14H11FN2O2S2/c1-10-8-12(20-9-16)4-7-14(10)17-21(18,19)13-5-2-11(15)3-6-13/h2-8,17H,1H3. The van der Waals surface area contributed by atoms with Crippen molar-refractivity contribution >= 4 is 27.5 Å². The van der Waals surface area contributed by atoms with Crippen molar-refractivity contribution in [2.75, 3.05) is 4.72 Å². The highest BCUT2D eigenvalue weighted by molar-refractivity contribution is 8.03. The zero-order valence-electron chi connectivity index (χ0n) is 11.0. The molecule has 0 atom stereocenters. The number of sulfonamides is 1. The van der Waals surface area contributed by atoms with E-state index in [9.17, 15) is 12.8 Å². The minimum atomic E-state index is -3.77. The molecule has 0 aliphatic carbocycles. The van der Waals surface area contributed by atoms with E-state index in [0.717, 1.165) is 28.8 Å². The van der Waals surface area contributed by atoms with Gasteiger partial charge in [-0.2, -0.15) is 5.26 Å². The van der Waals surface area contributed by atoms with E-state index in [1.54, 1.807) is 25.1 Å². The van der Waals surface area contributed by atoms with Gasteiger partial charge in [0.1, 0.15) is 11.2 Å². The van der Waals surface area contributed by atoms with Crippen molar-refractivity contribution in [1.29, 1.82) is 5.26 Å². The van der Waals surface area contributed by atoms with E-state index in [4.69, 9.17) is 5.26 Å². The molecule has 0 amide bonds. The summed E-state index contributed by atoms with van der Waals surface area (Å²) >= 11 is 1.00. The van der Waals surface area contributed by atoms with Crippen molar-refractivity contribution in [3.05, 3.63) is 53.8 Å². The number of thiocyanates is 1. The fourth-order valence-electron chi connectivity index (χ4n) is 1.68. The van der Waals surface area contributed by atoms with Gasteiger partial charge in [-0.15, -0.1) is 0 Å². The Hall–Kier alpha value is -2.04. The van der Waals surface area contributed by atoms with Crippen LogP contribution in [-0.2, 0) is 10.0 Å². The molecule has 2 aromatic carbocycles. The summed E-state index contributed by atoms with van der Waals surface area (Å²) < 4.78 is 39.7. The molecular formula is C14H11FN2O2S2. The Kier molecular flexibility index (Phi) is 4.50. The van der Waals surface area contributed by atoms with E-state index in [1.807, 2.05) is 5.40 Å². The van der Waals surface area contributed by atoms with Gasteiger partial charge in [-0.1, -0.05) is 0 Å². The van der Waals surface area contributed by atoms with Crippen LogP contribution in [0.4, 0.5) is 10.1 Å². The van der Waals surface area contributed by atoms with E-state index < -0.39 is 15.8 Å². The molecule has 0 aliphatic heterocycles. The van der Waals surface area contributed by atoms with Gasteiger partial charge in [0.2, 0.25) is 0 Å². The van der Waals surface area contributed by atoms with Crippen molar-refractivity contribution in [1.82, 2.24) is 0 Å². The minimum Gasteiger partial charge on any atom is -0.279 e. The largest absolute Gasteiger partial charge is 0.279 e. The molecular weight excluding hydrogens is 311 g/mol. The molecule has 0 bridgehead atoms. The van der Waals surface area contributed by atoms with E-state index in [0.29, 0.717) is 11.3 Å². The zero-order chi connectivity index (χ0) is 15.5. The van der Waals surface area contributed by atoms with Crippen LogP contribution in [0.15, 0.2) is 52.3 Å². The summed E-state index contributed by atoms with van der Waals surface area (Å²) in [6, 6.07) is 9.55. The summed E-state index contributed by atoms with van der Waals surface area (Å²) in [6.45, 7) is 1.74. The van der Waals surface area contributed by atoms with Crippen LogP contribution in [0.5, 0.6) is 0 Å². The summed E-state index contributed by atoms with van der Waals surface area (Å²) in [7, 11) is -3.77. The lowest BCUT2D eigenvalue weighted by Crippen LogP contribution is -2.13. The number of nitrogens with one attached hydrogen (secondary N) is 1. The van der Waals surface area contributed by atoms with Crippen LogP contribution in [0.1, 0.15) is 5.56 Å². The molecule has 21 heavy (non-hydrogen) atoms. The maximum atomic E-state index is 12.8. The number of nitrogens with zero attached hydrogens (tertiary/aromatic N) is 1. The molecule has 0 saturated heterocycles. The number of aryl methyl sites for hydroxylation is 1. The SMILES string of the molecule is Cc1cc(SC#N)ccc1NS(=O)(=O)c1ccc(F)cc1. The van der Waals surface area contributed by atoms with Crippen molar-refractivity contribution in [3.63, 3.8) is 0 Å². The molecule has 0 unspecified atom stereocenters. The van der Waals surface area contributed by atoms with E-state index >= 15 is 0 Å². The normalized spacial score (nSPS) is 10.9. The predicted octanol–water partition coefficient (Wildman–Crippen LogP) is 3.51. The van der Waals surface area contributed by atoms with E-state index in [1.165, 1.54) is 12.1 Å². The number of halogens is 1. The van der Waals surface area contributed by atoms with E-state index in [2.05, 4.69) is 4.72 Å². The Morgan fingerprint density at radius 3 is 2.43 bits per heavy atom. The van der Waals surface area contributed by atoms with Crippen LogP contribution in [0.2, 0.25) is 0 Å². The van der Waals surface area contributed by atoms with Crippen LogP contribution in [0, 0.1) is 23.4 Å². The Bertz CT molecular complexity index is 797. The van der Waals surface area contributed by atoms with Gasteiger partial charge < -0.3 is 0 Å². The number of benzene rings is 2. The molecule has 1 N–H and O–H groups in total. The lowest BCUT2D eigenvalue weighted by molar-refractivity contribution is 0.599. The lowest BCUT2D eigenvalue weighted by Gasteiger charge is -2.11. The van der Waals surface area contributed by atoms with Gasteiger partial charge in [0.05, 0.1) is 10.6 Å². The molecule has 0 heterocycles. The second-order valence-electron chi connectivity index (χ2n) is 4.23. The van der Waals surface area contributed by atoms with Crippen LogP contribution in [0.25, 0.3) is 0 Å². The van der Waals surface area contributed by atoms with Crippen molar-refractivity contribution in [2.24, 2.45) is 0 Å². The second-order valence-corrected chi connectivity index (χ2v) is 6.77. The Labute approximate surface area is 126 Å². The zero-order valence-corrected chi connectivity index (χ0v) is 12.6. The molecule has 7 heteroatoms. The molecule has 0 saturated carbocycles. The first-order valence-corrected chi connectivity index (χ1v) is 8.17. The maximum Gasteiger partial charge on any atom is 0.261 e. The fourth-order valence-corrected chi connectivity index (χ4v) is 3.29. The first-order valence-electron chi connectivity index (χ1n) is 5.87. The number of hydrogen-bond donors (Lipinski definition) is 1. The third-order valence-corrected chi connectivity index (χ3v) is 4.69. The molecule has 0 radical (unpaired) electrons. The molecule has 4 nitrogen and oxygen atoms in total. The average molecular weight is 322 g/mol. The number of anilines is 1. The predicted molar refractivity (Wildman–Crippen MR) is 79.9 cm³/mol. The molecule has 2 rings (SSSR count). The molecule has 0 aromatic heterocycles. The molecule has 2 aromatic rings. The van der Waals surface area contributed by atoms with Crippen LogP contribution in [-0.4, -0.2) is 8.42 Å². The summed E-state index contributed by atoms with van der Waals surface area (Å²) in [5.74, 6) is -0.497. The van der Waals surface area contributed by atoms with Gasteiger partial charge in [0.25, 0.3) is 10.0 Å². The highest BCUT2D eigenvalue weighted by Crippen LogP contribution is 2.25. The number of nitriles is 1. The topological polar surface area (TPSA) is 70.0 Å². The average Bonchev–Trinajstić information content (AvgIpc) is 2.42. The Morgan fingerprint density at radius 2 is 1.86 bits per heavy atom. The first kappa shape index (κ1) is 15.4. The molecule has 108 valence electrons. The number of hydrogen-bond acceptors (Lipinski definition) is 4. The van der Waals surface area contributed by atoms with Gasteiger partial charge in [0.15, 0.2) is 0 Å². The summed E-state index contributed by atoms with van der Waals surface area (Å²) in [6.07, 6.45) is 0. The second kappa shape index (κ2) is 6.16. The highest BCUT2D eigenvalue weighted by Gasteiger charge is 2.15. The highest BCUT2D eigenvalue weighted by atomic mass is 32.2. The van der Waals surface area contributed by atoms with E-state index in [-0.39, 0.29) is 4.90 Å². The summed E-state index contributed by atoms with van der Waals surface area (Å²) in [4.78, 5) is 0.721. The van der Waals surface area contributed by atoms with Gasteiger partial charge in [-0.25, -0.2) is 12.8 Å². The van der Waals surface area contributed by atoms with Gasteiger partial charge >= 0.3 is 0 Å². The molecule has 0 spiro atoms. The lowest BCUT2D eigenvalue weighted by atomic mass is 10.2. The van der Waals surface area contributed by atoms with Crippen LogP contribution < -0.4 is 4.72 Å². The van der Waals surface area contributed by atoms with Gasteiger partial charge in [-0.05, 0) is 66.7 Å². The van der Waals surface area contributed by atoms with Gasteiger partial charge in [-0.3, -0.25) is 4.72 Å². The Balaban J connectivity index is 2.29. The minimum absolute atomic E-state index is 0.0150. The first-order chi connectivity index (χ1) is 9.92. The monoisotopic (exact) mass is 322 g/mol. The quantitative estimate of drug-likeness (QED) is 0.691. The summed E-state index contributed by atoms with van der Waals surface area (Å²) in [5, 5.41) is 10.6. The smallest absolute Gasteiger partial charge is 0.261 e. The van der Waals surface area contributed by atoms with Crippen LogP contribution in [0.3, 0.4) is 0 Å². The third kappa shape index (κ3) is 3.74. The molecule has 0 aliphatic rings. The fraction of sp³-hybridized carbons (Fsp3) is 0.0714. The summed E-state index contributed by atoms with van der Waals surface area (Å²) in [5.41, 5.74) is 1.11. The number of rotatable bonds is 4. The number of thioether (sulfide) groups is 1. The van der Waals surface area contributed by atoms with Crippen molar-refractivity contribution in [2.45, 2.75) is 16.7 Å². The van der Waals surface area contributed by atoms with Crippen molar-refractivity contribution < 1.29 is 12.8 Å². The van der Waals surface area contributed by atoms with Crippen molar-refractivity contribution in [3.8, 4) is 5.40 Å². The Morgan fingerprint density at radius 1 is 1.19 bits per heavy atom. The molecule has 0 fully saturated rings.